The van der Waals surface area contributed by atoms with Gasteiger partial charge in [-0.2, -0.15) is 0 Å². The van der Waals surface area contributed by atoms with Crippen molar-refractivity contribution in [3.05, 3.63) is 53.1 Å². The zero-order valence-electron chi connectivity index (χ0n) is 14.3. The smallest absolute Gasteiger partial charge is 0.257 e. The molecule has 2 aromatic rings. The Morgan fingerprint density at radius 3 is 2.73 bits per heavy atom. The van der Waals surface area contributed by atoms with Gasteiger partial charge < -0.3 is 10.2 Å². The fraction of sp³-hybridized carbons (Fsp3) is 0.222. The Morgan fingerprint density at radius 1 is 1.15 bits per heavy atom. The van der Waals surface area contributed by atoms with E-state index in [1.165, 1.54) is 17.3 Å². The maximum Gasteiger partial charge on any atom is 0.257 e. The average Bonchev–Trinajstić information content (AvgIpc) is 2.93. The lowest BCUT2D eigenvalue weighted by Gasteiger charge is -2.22. The largest absolute Gasteiger partial charge is 0.322 e. The molecule has 0 fully saturated rings. The fourth-order valence-electron chi connectivity index (χ4n) is 2.89. The zero-order chi connectivity index (χ0) is 18.5. The molecule has 1 N–H and O–H groups in total. The van der Waals surface area contributed by atoms with Gasteiger partial charge in [-0.25, -0.2) is 8.42 Å². The molecule has 2 heterocycles. The molecule has 26 heavy (non-hydrogen) atoms. The van der Waals surface area contributed by atoms with Gasteiger partial charge in [0.05, 0.1) is 11.4 Å². The van der Waals surface area contributed by atoms with Crippen LogP contribution in [0.15, 0.2) is 45.7 Å². The van der Waals surface area contributed by atoms with Crippen molar-refractivity contribution in [3.63, 3.8) is 0 Å². The normalized spacial score (nSPS) is 17.3. The number of hydrogen-bond donors (Lipinski definition) is 1. The summed E-state index contributed by atoms with van der Waals surface area (Å²) >= 11 is 1.28. The van der Waals surface area contributed by atoms with E-state index in [1.54, 1.807) is 12.1 Å². The molecule has 0 aromatic heterocycles. The molecule has 2 aromatic carbocycles. The number of nitrogens with zero attached hydrogens (tertiary/aromatic N) is 2. The van der Waals surface area contributed by atoms with Crippen molar-refractivity contribution in [2.75, 3.05) is 22.5 Å². The molecular weight excluding hydrogens is 370 g/mol. The lowest BCUT2D eigenvalue weighted by molar-refractivity contribution is 0.102. The summed E-state index contributed by atoms with van der Waals surface area (Å²) in [7, 11) is -3.38. The molecule has 0 bridgehead atoms. The van der Waals surface area contributed by atoms with Gasteiger partial charge in [-0.15, -0.1) is 4.40 Å². The molecule has 8 heteroatoms. The number of carbonyl (C=O) groups excluding carboxylic acids is 1. The van der Waals surface area contributed by atoms with Crippen LogP contribution in [-0.4, -0.2) is 31.8 Å². The SMILES string of the molecule is Cc1ccc(NC(=O)c2ccc3c(c2)SC2=NS(=O)(=O)CCN23)cc1C. The van der Waals surface area contributed by atoms with E-state index >= 15 is 0 Å². The Hall–Kier alpha value is -2.32. The fourth-order valence-corrected chi connectivity index (χ4v) is 5.19. The van der Waals surface area contributed by atoms with Crippen molar-refractivity contribution >= 4 is 44.2 Å². The second kappa shape index (κ2) is 6.14. The molecule has 0 aliphatic carbocycles. The van der Waals surface area contributed by atoms with E-state index in [0.717, 1.165) is 21.8 Å². The third-order valence-electron chi connectivity index (χ3n) is 4.50. The van der Waals surface area contributed by atoms with Gasteiger partial charge in [0, 0.05) is 22.7 Å². The molecule has 0 unspecified atom stereocenters. The Balaban J connectivity index is 1.59. The van der Waals surface area contributed by atoms with Crippen LogP contribution < -0.4 is 10.2 Å². The van der Waals surface area contributed by atoms with Crippen molar-refractivity contribution in [1.82, 2.24) is 0 Å². The summed E-state index contributed by atoms with van der Waals surface area (Å²) < 4.78 is 27.2. The Morgan fingerprint density at radius 2 is 1.96 bits per heavy atom. The first-order valence-electron chi connectivity index (χ1n) is 8.13. The highest BCUT2D eigenvalue weighted by atomic mass is 32.2. The van der Waals surface area contributed by atoms with Gasteiger partial charge in [0.15, 0.2) is 5.17 Å². The number of benzene rings is 2. The van der Waals surface area contributed by atoms with Crippen LogP contribution in [0.25, 0.3) is 0 Å². The number of amidine groups is 1. The highest BCUT2D eigenvalue weighted by Gasteiger charge is 2.33. The minimum atomic E-state index is -3.38. The number of rotatable bonds is 2. The van der Waals surface area contributed by atoms with Gasteiger partial charge in [-0.3, -0.25) is 4.79 Å². The number of thioether (sulfide) groups is 1. The summed E-state index contributed by atoms with van der Waals surface area (Å²) in [6.45, 7) is 4.41. The number of sulfonamides is 1. The van der Waals surface area contributed by atoms with E-state index in [9.17, 15) is 13.2 Å². The Kier molecular flexibility index (Phi) is 4.04. The third kappa shape index (κ3) is 3.10. The topological polar surface area (TPSA) is 78.8 Å². The molecule has 6 nitrogen and oxygen atoms in total. The van der Waals surface area contributed by atoms with Crippen LogP contribution >= 0.6 is 11.8 Å². The molecular formula is C18H17N3O3S2. The van der Waals surface area contributed by atoms with Crippen molar-refractivity contribution in [2.24, 2.45) is 4.40 Å². The quantitative estimate of drug-likeness (QED) is 0.856. The molecule has 0 radical (unpaired) electrons. The van der Waals surface area contributed by atoms with Crippen molar-refractivity contribution < 1.29 is 13.2 Å². The Bertz CT molecular complexity index is 1060. The highest BCUT2D eigenvalue weighted by molar-refractivity contribution is 8.15. The summed E-state index contributed by atoms with van der Waals surface area (Å²) in [5.41, 5.74) is 4.45. The predicted molar refractivity (Wildman–Crippen MR) is 105 cm³/mol. The monoisotopic (exact) mass is 387 g/mol. The maximum atomic E-state index is 12.6. The van der Waals surface area contributed by atoms with Crippen LogP contribution in [0.4, 0.5) is 11.4 Å². The summed E-state index contributed by atoms with van der Waals surface area (Å²) in [6.07, 6.45) is 0. The maximum absolute atomic E-state index is 12.6. The molecule has 1 amide bonds. The standard InChI is InChI=1S/C18H17N3O3S2/c1-11-3-5-14(9-12(11)2)19-17(22)13-4-6-15-16(10-13)25-18-20-26(23,24)8-7-21(15)18/h3-6,9-10H,7-8H2,1-2H3,(H,19,22). The molecule has 2 aliphatic heterocycles. The van der Waals surface area contributed by atoms with E-state index in [0.29, 0.717) is 17.3 Å². The van der Waals surface area contributed by atoms with E-state index in [2.05, 4.69) is 9.71 Å². The zero-order valence-corrected chi connectivity index (χ0v) is 15.9. The molecule has 0 spiro atoms. The van der Waals surface area contributed by atoms with E-state index < -0.39 is 10.0 Å². The summed E-state index contributed by atoms with van der Waals surface area (Å²) in [5, 5.41) is 3.36. The summed E-state index contributed by atoms with van der Waals surface area (Å²) in [4.78, 5) is 15.3. The van der Waals surface area contributed by atoms with Crippen LogP contribution in [0.5, 0.6) is 0 Å². The van der Waals surface area contributed by atoms with Crippen LogP contribution in [0.3, 0.4) is 0 Å². The van der Waals surface area contributed by atoms with Crippen LogP contribution in [0, 0.1) is 13.8 Å². The lowest BCUT2D eigenvalue weighted by atomic mass is 10.1. The number of aryl methyl sites for hydroxylation is 2. The van der Waals surface area contributed by atoms with E-state index in [1.807, 2.05) is 43.0 Å². The third-order valence-corrected chi connectivity index (χ3v) is 6.81. The first-order chi connectivity index (χ1) is 12.3. The molecule has 4 rings (SSSR count). The number of nitrogens with one attached hydrogen (secondary N) is 1. The lowest BCUT2D eigenvalue weighted by Crippen LogP contribution is -2.35. The van der Waals surface area contributed by atoms with Crippen molar-refractivity contribution in [3.8, 4) is 0 Å². The van der Waals surface area contributed by atoms with Crippen LogP contribution in [0.2, 0.25) is 0 Å². The van der Waals surface area contributed by atoms with Crippen molar-refractivity contribution in [1.29, 1.82) is 0 Å². The van der Waals surface area contributed by atoms with Crippen LogP contribution in [-0.2, 0) is 10.0 Å². The van der Waals surface area contributed by atoms with Crippen molar-refractivity contribution in [2.45, 2.75) is 18.7 Å². The van der Waals surface area contributed by atoms with Gasteiger partial charge in [0.25, 0.3) is 15.9 Å². The average molecular weight is 387 g/mol. The minimum absolute atomic E-state index is 0.00547. The van der Waals surface area contributed by atoms with Gasteiger partial charge in [0.1, 0.15) is 0 Å². The first-order valence-corrected chi connectivity index (χ1v) is 10.6. The molecule has 0 atom stereocenters. The second-order valence-electron chi connectivity index (χ2n) is 6.35. The summed E-state index contributed by atoms with van der Waals surface area (Å²) in [5.74, 6) is -0.193. The summed E-state index contributed by atoms with van der Waals surface area (Å²) in [6, 6.07) is 11.2. The molecule has 134 valence electrons. The van der Waals surface area contributed by atoms with Crippen LogP contribution in [0.1, 0.15) is 21.5 Å². The van der Waals surface area contributed by atoms with E-state index in [-0.39, 0.29) is 11.7 Å². The minimum Gasteiger partial charge on any atom is -0.322 e. The van der Waals surface area contributed by atoms with Gasteiger partial charge in [0.2, 0.25) is 0 Å². The highest BCUT2D eigenvalue weighted by Crippen LogP contribution is 2.42. The number of fused-ring (bicyclic) bond motifs is 3. The van der Waals surface area contributed by atoms with E-state index in [4.69, 9.17) is 0 Å². The van der Waals surface area contributed by atoms with Gasteiger partial charge in [-0.05, 0) is 67.1 Å². The second-order valence-corrected chi connectivity index (χ2v) is 9.11. The van der Waals surface area contributed by atoms with Gasteiger partial charge in [-0.1, -0.05) is 6.07 Å². The number of anilines is 2. The molecule has 0 saturated heterocycles. The molecule has 0 saturated carbocycles. The Labute approximate surface area is 156 Å². The number of carbonyl (C=O) groups is 1. The number of hydrogen-bond acceptors (Lipinski definition) is 5. The number of amides is 1. The first kappa shape index (κ1) is 17.1. The molecule has 2 aliphatic rings. The predicted octanol–water partition coefficient (Wildman–Crippen LogP) is 3.17. The van der Waals surface area contributed by atoms with Gasteiger partial charge >= 0.3 is 0 Å².